The molecule has 0 radical (unpaired) electrons. The van der Waals surface area contributed by atoms with Crippen LogP contribution in [0.1, 0.15) is 81.1 Å². The summed E-state index contributed by atoms with van der Waals surface area (Å²) in [5.41, 5.74) is 6.85. The molecular weight excluding hydrogens is 503 g/mol. The summed E-state index contributed by atoms with van der Waals surface area (Å²) in [7, 11) is -4.53. The highest BCUT2D eigenvalue weighted by Gasteiger charge is 2.37. The Morgan fingerprint density at radius 2 is 0.711 bits per heavy atom. The normalized spacial score (nSPS) is 11.2. The highest BCUT2D eigenvalue weighted by Crippen LogP contribution is 2.54. The third kappa shape index (κ3) is 5.30. The van der Waals surface area contributed by atoms with Crippen LogP contribution in [0.25, 0.3) is 0 Å². The topological polar surface area (TPSA) is 96.0 Å². The highest BCUT2D eigenvalue weighted by molar-refractivity contribution is 7.49. The Hall–Kier alpha value is -3.70. The molecule has 0 aromatic heterocycles. The van der Waals surface area contributed by atoms with Gasteiger partial charge in [-0.1, -0.05) is 18.2 Å². The number of phosphoric ester groups is 1. The molecule has 3 aromatic carbocycles. The zero-order valence-electron chi connectivity index (χ0n) is 23.3. The van der Waals surface area contributed by atoms with Gasteiger partial charge < -0.3 is 13.6 Å². The van der Waals surface area contributed by atoms with Crippen LogP contribution in [0.3, 0.4) is 0 Å². The van der Waals surface area contributed by atoms with Gasteiger partial charge in [0.05, 0.1) is 0 Å². The lowest BCUT2D eigenvalue weighted by atomic mass is 9.99. The summed E-state index contributed by atoms with van der Waals surface area (Å²) in [4.78, 5) is 35.4. The zero-order valence-corrected chi connectivity index (χ0v) is 24.2. The van der Waals surface area contributed by atoms with Gasteiger partial charge in [-0.15, -0.1) is 0 Å². The molecule has 0 heterocycles. The van der Waals surface area contributed by atoms with Crippen molar-refractivity contribution in [2.24, 2.45) is 0 Å². The first kappa shape index (κ1) is 28.9. The molecule has 0 saturated heterocycles. The second-order valence-electron chi connectivity index (χ2n) is 9.71. The van der Waals surface area contributed by atoms with Crippen LogP contribution in [-0.2, 0) is 4.57 Å². The molecule has 200 valence electrons. The third-order valence-electron chi connectivity index (χ3n) is 6.84. The smallest absolute Gasteiger partial charge is 0.385 e. The van der Waals surface area contributed by atoms with E-state index in [4.69, 9.17) is 13.6 Å². The van der Waals surface area contributed by atoms with Gasteiger partial charge in [0, 0.05) is 33.4 Å². The van der Waals surface area contributed by atoms with E-state index in [1.165, 1.54) is 0 Å². The second-order valence-corrected chi connectivity index (χ2v) is 11.2. The lowest BCUT2D eigenvalue weighted by molar-refractivity contribution is 0.111. The summed E-state index contributed by atoms with van der Waals surface area (Å²) in [6, 6.07) is 5.28. The van der Waals surface area contributed by atoms with Crippen LogP contribution in [0.2, 0.25) is 0 Å². The summed E-state index contributed by atoms with van der Waals surface area (Å²) in [5.74, 6) is 0.575. The number of carbonyl (C=O) groups is 3. The maximum atomic E-state index is 14.6. The molecule has 38 heavy (non-hydrogen) atoms. The molecule has 0 atom stereocenters. The predicted octanol–water partition coefficient (Wildman–Crippen LogP) is 7.54. The Balaban J connectivity index is 2.27. The van der Waals surface area contributed by atoms with Crippen LogP contribution >= 0.6 is 7.82 Å². The molecule has 8 heteroatoms. The second kappa shape index (κ2) is 11.0. The zero-order chi connectivity index (χ0) is 28.5. The highest BCUT2D eigenvalue weighted by atomic mass is 31.2. The largest absolute Gasteiger partial charge is 0.647 e. The Bertz CT molecular complexity index is 1340. The first-order valence-electron chi connectivity index (χ1n) is 12.1. The monoisotopic (exact) mass is 536 g/mol. The molecule has 0 fully saturated rings. The number of aldehydes is 3. The van der Waals surface area contributed by atoms with Crippen molar-refractivity contribution < 1.29 is 32.5 Å². The van der Waals surface area contributed by atoms with E-state index in [9.17, 15) is 18.9 Å². The molecule has 0 bridgehead atoms. The molecule has 0 saturated carbocycles. The fraction of sp³-hybridized carbons (Fsp3) is 0.300. The molecule has 0 spiro atoms. The third-order valence-corrected chi connectivity index (χ3v) is 8.06. The van der Waals surface area contributed by atoms with Gasteiger partial charge in [0.1, 0.15) is 17.2 Å². The fourth-order valence-electron chi connectivity index (χ4n) is 4.90. The standard InChI is InChI=1S/C30H33O7P/c1-16-10-19(4)28(22(7)25(16)13-31)35-38(34,36-29-20(5)11-17(2)26(14-32)23(29)8)37-30-21(6)12-18(3)27(15-33)24(30)9/h10-15H,1-9H3. The van der Waals surface area contributed by atoms with Gasteiger partial charge in [-0.2, -0.15) is 4.57 Å². The van der Waals surface area contributed by atoms with E-state index in [-0.39, 0.29) is 17.2 Å². The molecule has 0 unspecified atom stereocenters. The molecular formula is C30H33O7P. The van der Waals surface area contributed by atoms with E-state index in [0.717, 1.165) is 35.5 Å². The molecule has 3 rings (SSSR count). The minimum atomic E-state index is -4.53. The van der Waals surface area contributed by atoms with Crippen molar-refractivity contribution in [1.82, 2.24) is 0 Å². The Labute approximate surface area is 223 Å². The molecule has 0 N–H and O–H groups in total. The number of carbonyl (C=O) groups excluding carboxylic acids is 3. The van der Waals surface area contributed by atoms with Gasteiger partial charge in [0.25, 0.3) is 0 Å². The van der Waals surface area contributed by atoms with Crippen molar-refractivity contribution in [3.05, 3.63) is 85.0 Å². The predicted molar refractivity (Wildman–Crippen MR) is 148 cm³/mol. The average molecular weight is 537 g/mol. The Morgan fingerprint density at radius 1 is 0.474 bits per heavy atom. The van der Waals surface area contributed by atoms with Crippen molar-refractivity contribution in [3.63, 3.8) is 0 Å². The number of benzene rings is 3. The molecule has 3 aromatic rings. The molecule has 0 aliphatic rings. The van der Waals surface area contributed by atoms with Crippen LogP contribution in [0.5, 0.6) is 17.2 Å². The van der Waals surface area contributed by atoms with E-state index in [0.29, 0.717) is 50.1 Å². The van der Waals surface area contributed by atoms with Gasteiger partial charge in [-0.25, -0.2) is 0 Å². The maximum Gasteiger partial charge on any atom is 0.647 e. The summed E-state index contributed by atoms with van der Waals surface area (Å²) in [5, 5.41) is 0. The van der Waals surface area contributed by atoms with Crippen molar-refractivity contribution in [3.8, 4) is 17.2 Å². The molecule has 0 aliphatic carbocycles. The number of rotatable bonds is 9. The quantitative estimate of drug-likeness (QED) is 0.206. The van der Waals surface area contributed by atoms with Gasteiger partial charge in [-0.3, -0.25) is 14.4 Å². The van der Waals surface area contributed by atoms with Crippen LogP contribution in [0, 0.1) is 62.3 Å². The van der Waals surface area contributed by atoms with Gasteiger partial charge in [-0.05, 0) is 95.7 Å². The SMILES string of the molecule is Cc1cc(C)c(OP(=O)(Oc2c(C)cc(C)c(C=O)c2C)Oc2c(C)cc(C)c(C=O)c2C)c(C)c1C=O. The van der Waals surface area contributed by atoms with Crippen molar-refractivity contribution in [1.29, 1.82) is 0 Å². The van der Waals surface area contributed by atoms with E-state index < -0.39 is 7.82 Å². The number of hydrogen-bond donors (Lipinski definition) is 0. The summed E-state index contributed by atoms with van der Waals surface area (Å²) in [6.07, 6.45) is 2.16. The Morgan fingerprint density at radius 3 is 0.921 bits per heavy atom. The van der Waals surface area contributed by atoms with Gasteiger partial charge >= 0.3 is 7.82 Å². The minimum Gasteiger partial charge on any atom is -0.385 e. The van der Waals surface area contributed by atoms with Crippen LogP contribution in [0.4, 0.5) is 0 Å². The first-order valence-corrected chi connectivity index (χ1v) is 13.6. The molecule has 7 nitrogen and oxygen atoms in total. The lowest BCUT2D eigenvalue weighted by Crippen LogP contribution is -2.13. The number of phosphoric acid groups is 1. The minimum absolute atomic E-state index is 0.192. The van der Waals surface area contributed by atoms with Crippen molar-refractivity contribution >= 4 is 26.7 Å². The fourth-order valence-corrected chi connectivity index (χ4v) is 6.53. The first-order chi connectivity index (χ1) is 17.8. The van der Waals surface area contributed by atoms with Crippen molar-refractivity contribution in [2.45, 2.75) is 62.3 Å². The molecule has 0 aliphatic heterocycles. The number of aryl methyl sites for hydroxylation is 6. The maximum absolute atomic E-state index is 14.6. The van der Waals surface area contributed by atoms with E-state index in [2.05, 4.69) is 0 Å². The summed E-state index contributed by atoms with van der Waals surface area (Å²) >= 11 is 0. The number of hydrogen-bond acceptors (Lipinski definition) is 7. The van der Waals surface area contributed by atoms with E-state index in [1.807, 2.05) is 0 Å². The van der Waals surface area contributed by atoms with Crippen LogP contribution in [-0.4, -0.2) is 18.9 Å². The molecule has 0 amide bonds. The van der Waals surface area contributed by atoms with Crippen LogP contribution in [0.15, 0.2) is 18.2 Å². The Kier molecular flexibility index (Phi) is 8.33. The van der Waals surface area contributed by atoms with Crippen LogP contribution < -0.4 is 13.6 Å². The van der Waals surface area contributed by atoms with Gasteiger partial charge in [0.2, 0.25) is 0 Å². The van der Waals surface area contributed by atoms with Crippen molar-refractivity contribution in [2.75, 3.05) is 0 Å². The van der Waals surface area contributed by atoms with Gasteiger partial charge in [0.15, 0.2) is 18.9 Å². The lowest BCUT2D eigenvalue weighted by Gasteiger charge is -2.26. The summed E-state index contributed by atoms with van der Waals surface area (Å²) in [6.45, 7) is 15.8. The van der Waals surface area contributed by atoms with E-state index in [1.54, 1.807) is 80.5 Å². The average Bonchev–Trinajstić information content (AvgIpc) is 2.83. The van der Waals surface area contributed by atoms with E-state index >= 15 is 0 Å². The summed E-state index contributed by atoms with van der Waals surface area (Å²) < 4.78 is 32.8.